The predicted molar refractivity (Wildman–Crippen MR) is 214 cm³/mol. The van der Waals surface area contributed by atoms with Crippen LogP contribution in [0, 0.1) is 0 Å². The van der Waals surface area contributed by atoms with Crippen molar-refractivity contribution in [3.05, 3.63) is 188 Å². The Balaban J connectivity index is 1.26. The fourth-order valence-corrected chi connectivity index (χ4v) is 8.00. The fourth-order valence-electron chi connectivity index (χ4n) is 8.00. The SMILES string of the molecule is C=Cc1ccc(-c2cccc(B3c4ccccc4N4c5ccc(-c6ccc(C=C)cc6)cc5B(c5ccccc5)c5cccc3c54)c2)cc1. The second kappa shape index (κ2) is 11.9. The van der Waals surface area contributed by atoms with E-state index in [1.165, 1.54) is 72.1 Å². The molecule has 0 atom stereocenters. The van der Waals surface area contributed by atoms with Gasteiger partial charge < -0.3 is 4.90 Å². The third kappa shape index (κ3) is 4.81. The van der Waals surface area contributed by atoms with E-state index in [9.17, 15) is 0 Å². The molecule has 0 N–H and O–H groups in total. The first-order valence-corrected chi connectivity index (χ1v) is 17.0. The highest BCUT2D eigenvalue weighted by molar-refractivity contribution is 7.02. The summed E-state index contributed by atoms with van der Waals surface area (Å²) < 4.78 is 0. The number of fused-ring (bicyclic) bond motifs is 4. The van der Waals surface area contributed by atoms with Gasteiger partial charge in [-0.1, -0.05) is 188 Å². The Morgan fingerprint density at radius 1 is 0.388 bits per heavy atom. The molecular weight excluding hydrogens is 588 g/mol. The first-order chi connectivity index (χ1) is 24.2. The molecule has 0 bridgehead atoms. The summed E-state index contributed by atoms with van der Waals surface area (Å²) in [5, 5.41) is 0. The number of hydrogen-bond acceptors (Lipinski definition) is 1. The highest BCUT2D eigenvalue weighted by atomic mass is 15.2. The summed E-state index contributed by atoms with van der Waals surface area (Å²) in [6.07, 6.45) is 3.79. The van der Waals surface area contributed by atoms with Gasteiger partial charge in [-0.25, -0.2) is 0 Å². The first-order valence-electron chi connectivity index (χ1n) is 17.0. The molecule has 7 aromatic rings. The molecule has 0 radical (unpaired) electrons. The van der Waals surface area contributed by atoms with Crippen molar-refractivity contribution in [2.45, 2.75) is 0 Å². The van der Waals surface area contributed by atoms with Crippen molar-refractivity contribution in [3.8, 4) is 22.3 Å². The van der Waals surface area contributed by atoms with Crippen LogP contribution in [0.1, 0.15) is 11.1 Å². The Kier molecular flexibility index (Phi) is 7.06. The Bertz CT molecular complexity index is 2360. The van der Waals surface area contributed by atoms with Gasteiger partial charge in [-0.2, -0.15) is 0 Å². The summed E-state index contributed by atoms with van der Waals surface area (Å²) >= 11 is 0. The van der Waals surface area contributed by atoms with Gasteiger partial charge in [-0.15, -0.1) is 0 Å². The zero-order chi connectivity index (χ0) is 32.9. The van der Waals surface area contributed by atoms with Crippen molar-refractivity contribution < 1.29 is 0 Å². The standard InChI is InChI=1S/C46H33B2N/c1-3-32-20-24-34(25-21-32)36-12-10-15-39(30-36)48-40-16-8-9-19-44(40)49-45-29-28-37(35-26-22-33(4-2)23-27-35)31-43(45)47(38-13-6-5-7-14-38)41-17-11-18-42(48)46(41)49/h3-31H,1-2H2. The number of nitrogens with zero attached hydrogens (tertiary/aromatic N) is 1. The molecule has 0 saturated carbocycles. The molecular formula is C46H33B2N. The van der Waals surface area contributed by atoms with Crippen LogP contribution < -0.4 is 37.7 Å². The normalized spacial score (nSPS) is 12.5. The predicted octanol–water partition coefficient (Wildman–Crippen LogP) is 7.44. The van der Waals surface area contributed by atoms with E-state index in [2.05, 4.69) is 182 Å². The zero-order valence-corrected chi connectivity index (χ0v) is 27.3. The van der Waals surface area contributed by atoms with Crippen LogP contribution in [-0.4, -0.2) is 13.4 Å². The van der Waals surface area contributed by atoms with Crippen molar-refractivity contribution in [1.82, 2.24) is 0 Å². The van der Waals surface area contributed by atoms with Gasteiger partial charge in [0.2, 0.25) is 13.4 Å². The monoisotopic (exact) mass is 621 g/mol. The minimum absolute atomic E-state index is 0.0930. The smallest absolute Gasteiger partial charge is 0.246 e. The third-order valence-electron chi connectivity index (χ3n) is 10.3. The highest BCUT2D eigenvalue weighted by Crippen LogP contribution is 2.38. The minimum atomic E-state index is 0.0930. The van der Waals surface area contributed by atoms with Crippen LogP contribution in [0.4, 0.5) is 17.1 Å². The lowest BCUT2D eigenvalue weighted by Gasteiger charge is -2.44. The summed E-state index contributed by atoms with van der Waals surface area (Å²) in [7, 11) is 0. The number of hydrogen-bond donors (Lipinski definition) is 0. The van der Waals surface area contributed by atoms with Crippen molar-refractivity contribution in [3.63, 3.8) is 0 Å². The number of benzene rings is 7. The molecule has 0 unspecified atom stereocenters. The van der Waals surface area contributed by atoms with Gasteiger partial charge in [-0.05, 0) is 67.4 Å². The molecule has 1 nitrogen and oxygen atoms in total. The zero-order valence-electron chi connectivity index (χ0n) is 27.3. The summed E-state index contributed by atoms with van der Waals surface area (Å²) in [5.41, 5.74) is 18.8. The molecule has 0 aliphatic carbocycles. The third-order valence-corrected chi connectivity index (χ3v) is 10.3. The Hall–Kier alpha value is -6.05. The lowest BCUT2D eigenvalue weighted by Crippen LogP contribution is -2.64. The van der Waals surface area contributed by atoms with Gasteiger partial charge in [-0.3, -0.25) is 0 Å². The summed E-state index contributed by atoms with van der Waals surface area (Å²) in [5.74, 6) is 0. The van der Waals surface area contributed by atoms with E-state index >= 15 is 0 Å². The lowest BCUT2D eigenvalue weighted by molar-refractivity contribution is 1.30. The molecule has 228 valence electrons. The summed E-state index contributed by atoms with van der Waals surface area (Å²) in [4.78, 5) is 2.54. The molecule has 2 heterocycles. The average Bonchev–Trinajstić information content (AvgIpc) is 3.18. The van der Waals surface area contributed by atoms with Crippen LogP contribution in [0.5, 0.6) is 0 Å². The molecule has 0 saturated heterocycles. The minimum Gasteiger partial charge on any atom is -0.313 e. The van der Waals surface area contributed by atoms with Crippen molar-refractivity contribution in [1.29, 1.82) is 0 Å². The molecule has 3 heteroatoms. The van der Waals surface area contributed by atoms with Gasteiger partial charge >= 0.3 is 0 Å². The van der Waals surface area contributed by atoms with E-state index in [1.807, 2.05) is 12.2 Å². The van der Waals surface area contributed by atoms with Gasteiger partial charge in [0.25, 0.3) is 0 Å². The van der Waals surface area contributed by atoms with E-state index in [4.69, 9.17) is 0 Å². The van der Waals surface area contributed by atoms with Gasteiger partial charge in [0.15, 0.2) is 0 Å². The summed E-state index contributed by atoms with van der Waals surface area (Å²) in [6, 6.07) is 60.5. The Morgan fingerprint density at radius 3 is 1.57 bits per heavy atom. The van der Waals surface area contributed by atoms with Crippen molar-refractivity contribution in [2.24, 2.45) is 0 Å². The van der Waals surface area contributed by atoms with Crippen LogP contribution in [0.3, 0.4) is 0 Å². The van der Waals surface area contributed by atoms with Crippen LogP contribution in [0.15, 0.2) is 177 Å². The van der Waals surface area contributed by atoms with Gasteiger partial charge in [0.05, 0.1) is 0 Å². The molecule has 0 fully saturated rings. The Labute approximate surface area is 289 Å². The second-order valence-corrected chi connectivity index (χ2v) is 13.0. The first kappa shape index (κ1) is 29.1. The Morgan fingerprint density at radius 2 is 0.898 bits per heavy atom. The highest BCUT2D eigenvalue weighted by Gasteiger charge is 2.43. The molecule has 49 heavy (non-hydrogen) atoms. The van der Waals surface area contributed by atoms with Crippen molar-refractivity contribution >= 4 is 75.4 Å². The van der Waals surface area contributed by atoms with E-state index in [0.29, 0.717) is 0 Å². The van der Waals surface area contributed by atoms with E-state index in [0.717, 1.165) is 11.1 Å². The number of anilines is 3. The maximum atomic E-state index is 3.94. The van der Waals surface area contributed by atoms with E-state index in [1.54, 1.807) is 0 Å². The molecule has 0 aromatic heterocycles. The van der Waals surface area contributed by atoms with Crippen molar-refractivity contribution in [2.75, 3.05) is 4.90 Å². The fraction of sp³-hybridized carbons (Fsp3) is 0. The van der Waals surface area contributed by atoms with Crippen LogP contribution >= 0.6 is 0 Å². The van der Waals surface area contributed by atoms with Gasteiger partial charge in [0.1, 0.15) is 0 Å². The van der Waals surface area contributed by atoms with E-state index < -0.39 is 0 Å². The van der Waals surface area contributed by atoms with E-state index in [-0.39, 0.29) is 13.4 Å². The number of para-hydroxylation sites is 2. The quantitative estimate of drug-likeness (QED) is 0.175. The maximum Gasteiger partial charge on any atom is 0.246 e. The lowest BCUT2D eigenvalue weighted by atomic mass is 9.30. The van der Waals surface area contributed by atoms with Crippen LogP contribution in [0.2, 0.25) is 0 Å². The molecule has 9 rings (SSSR count). The largest absolute Gasteiger partial charge is 0.313 e. The summed E-state index contributed by atoms with van der Waals surface area (Å²) in [6.45, 7) is 8.06. The second-order valence-electron chi connectivity index (χ2n) is 13.0. The molecule has 7 aromatic carbocycles. The molecule has 2 aliphatic rings. The average molecular weight is 621 g/mol. The maximum absolute atomic E-state index is 3.94. The van der Waals surface area contributed by atoms with Crippen LogP contribution in [-0.2, 0) is 0 Å². The topological polar surface area (TPSA) is 3.24 Å². The molecule has 0 amide bonds. The number of rotatable bonds is 6. The van der Waals surface area contributed by atoms with Crippen LogP contribution in [0.25, 0.3) is 34.4 Å². The molecule has 0 spiro atoms. The molecule has 2 aliphatic heterocycles. The van der Waals surface area contributed by atoms with Gasteiger partial charge in [0, 0.05) is 17.1 Å².